The maximum absolute atomic E-state index is 10.5. The first kappa shape index (κ1) is 16.1. The van der Waals surface area contributed by atoms with Gasteiger partial charge in [-0.05, 0) is 27.2 Å². The summed E-state index contributed by atoms with van der Waals surface area (Å²) in [4.78, 5) is 11.8. The molecule has 0 aliphatic heterocycles. The second kappa shape index (κ2) is 7.39. The van der Waals surface area contributed by atoms with Gasteiger partial charge in [-0.1, -0.05) is 6.08 Å². The molecular weight excluding hydrogens is 226 g/mol. The number of nitrogens with zero attached hydrogens (tertiary/aromatic N) is 1. The maximum atomic E-state index is 10.5. The lowest BCUT2D eigenvalue weighted by Gasteiger charge is -2.29. The fourth-order valence-corrected chi connectivity index (χ4v) is 1.34. The Balaban J connectivity index is 4.29. The first-order chi connectivity index (χ1) is 7.75. The maximum Gasteiger partial charge on any atom is 0.330 e. The predicted molar refractivity (Wildman–Crippen MR) is 62.1 cm³/mol. The van der Waals surface area contributed by atoms with E-state index in [0.29, 0.717) is 0 Å². The molecule has 0 saturated carbocycles. The molecule has 0 saturated heterocycles. The Hall–Kier alpha value is -0.950. The van der Waals surface area contributed by atoms with Gasteiger partial charge in [-0.3, -0.25) is 4.90 Å². The van der Waals surface area contributed by atoms with Crippen LogP contribution < -0.4 is 0 Å². The predicted octanol–water partition coefficient (Wildman–Crippen LogP) is -0.253. The van der Waals surface area contributed by atoms with Crippen molar-refractivity contribution in [2.45, 2.75) is 45.8 Å². The highest BCUT2D eigenvalue weighted by Gasteiger charge is 2.19. The zero-order valence-electron chi connectivity index (χ0n) is 10.4. The number of carboxylic acid groups (broad SMARTS) is 1. The molecule has 0 amide bonds. The average molecular weight is 247 g/mol. The summed E-state index contributed by atoms with van der Waals surface area (Å²) in [6, 6.07) is 0. The van der Waals surface area contributed by atoms with Gasteiger partial charge in [-0.2, -0.15) is 0 Å². The van der Waals surface area contributed by atoms with Gasteiger partial charge in [0.1, 0.15) is 12.5 Å². The normalized spacial score (nSPS) is 17.9. The number of aliphatic hydroxyl groups is 3. The van der Waals surface area contributed by atoms with Crippen molar-refractivity contribution in [3.8, 4) is 0 Å². The smallest absolute Gasteiger partial charge is 0.330 e. The van der Waals surface area contributed by atoms with Crippen LogP contribution in [0.15, 0.2) is 11.6 Å². The Morgan fingerprint density at radius 2 is 1.71 bits per heavy atom. The molecule has 100 valence electrons. The fourth-order valence-electron chi connectivity index (χ4n) is 1.34. The Kier molecular flexibility index (Phi) is 6.98. The molecule has 0 aliphatic rings. The molecule has 0 aromatic carbocycles. The molecule has 0 spiro atoms. The van der Waals surface area contributed by atoms with E-state index in [-0.39, 0.29) is 18.5 Å². The number of carboxylic acids is 1. The molecule has 0 bridgehead atoms. The van der Waals surface area contributed by atoms with E-state index in [1.807, 2.05) is 0 Å². The zero-order valence-corrected chi connectivity index (χ0v) is 10.4. The average Bonchev–Trinajstić information content (AvgIpc) is 2.21. The topological polar surface area (TPSA) is 101 Å². The van der Waals surface area contributed by atoms with E-state index in [0.717, 1.165) is 0 Å². The first-order valence-electron chi connectivity index (χ1n) is 5.45. The summed E-state index contributed by atoms with van der Waals surface area (Å²) in [6.45, 7) is 4.48. The van der Waals surface area contributed by atoms with Gasteiger partial charge < -0.3 is 20.4 Å². The van der Waals surface area contributed by atoms with Gasteiger partial charge in [0.2, 0.25) is 0 Å². The van der Waals surface area contributed by atoms with Crippen LogP contribution in [0.5, 0.6) is 0 Å². The number of carbonyl (C=O) groups is 1. The SMILES string of the molecule is CC(=CCC(O)CN(C(C)O)C(C)O)C(=O)O. The number of rotatable bonds is 7. The lowest BCUT2D eigenvalue weighted by molar-refractivity contribution is -0.132. The minimum Gasteiger partial charge on any atom is -0.478 e. The monoisotopic (exact) mass is 247 g/mol. The molecule has 0 radical (unpaired) electrons. The van der Waals surface area contributed by atoms with Crippen molar-refractivity contribution in [1.82, 2.24) is 4.90 Å². The summed E-state index contributed by atoms with van der Waals surface area (Å²) in [5.74, 6) is -1.03. The summed E-state index contributed by atoms with van der Waals surface area (Å²) in [6.07, 6.45) is -1.03. The summed E-state index contributed by atoms with van der Waals surface area (Å²) in [7, 11) is 0. The van der Waals surface area contributed by atoms with Crippen LogP contribution in [-0.4, -0.2) is 56.4 Å². The minimum atomic E-state index is -1.03. The van der Waals surface area contributed by atoms with Crippen LogP contribution in [0.3, 0.4) is 0 Å². The van der Waals surface area contributed by atoms with Gasteiger partial charge in [0.05, 0.1) is 6.10 Å². The first-order valence-corrected chi connectivity index (χ1v) is 5.45. The molecule has 6 nitrogen and oxygen atoms in total. The van der Waals surface area contributed by atoms with Crippen LogP contribution in [0.4, 0.5) is 0 Å². The van der Waals surface area contributed by atoms with Gasteiger partial charge >= 0.3 is 5.97 Å². The van der Waals surface area contributed by atoms with E-state index < -0.39 is 24.5 Å². The van der Waals surface area contributed by atoms with Crippen LogP contribution >= 0.6 is 0 Å². The number of hydrogen-bond acceptors (Lipinski definition) is 5. The number of aliphatic hydroxyl groups excluding tert-OH is 3. The van der Waals surface area contributed by atoms with Crippen LogP contribution in [0, 0.1) is 0 Å². The van der Waals surface area contributed by atoms with Crippen molar-refractivity contribution in [1.29, 1.82) is 0 Å². The lowest BCUT2D eigenvalue weighted by Crippen LogP contribution is -2.44. The molecule has 3 atom stereocenters. The van der Waals surface area contributed by atoms with E-state index in [1.165, 1.54) is 31.7 Å². The quantitative estimate of drug-likeness (QED) is 0.365. The van der Waals surface area contributed by atoms with E-state index in [4.69, 9.17) is 5.11 Å². The standard InChI is InChI=1S/C11H21NO5/c1-7(11(16)17)4-5-10(15)6-12(8(2)13)9(3)14/h4,8-10,13-15H,5-6H2,1-3H3,(H,16,17). The fraction of sp³-hybridized carbons (Fsp3) is 0.727. The second-order valence-electron chi connectivity index (χ2n) is 4.04. The highest BCUT2D eigenvalue weighted by Crippen LogP contribution is 2.06. The Morgan fingerprint density at radius 3 is 2.06 bits per heavy atom. The van der Waals surface area contributed by atoms with E-state index >= 15 is 0 Å². The molecule has 0 fully saturated rings. The van der Waals surface area contributed by atoms with E-state index in [2.05, 4.69) is 0 Å². The lowest BCUT2D eigenvalue weighted by atomic mass is 10.1. The van der Waals surface area contributed by atoms with Crippen molar-refractivity contribution in [3.63, 3.8) is 0 Å². The zero-order chi connectivity index (χ0) is 13.6. The Labute approximate surface area is 101 Å². The van der Waals surface area contributed by atoms with Crippen molar-refractivity contribution < 1.29 is 25.2 Å². The Morgan fingerprint density at radius 1 is 1.24 bits per heavy atom. The van der Waals surface area contributed by atoms with Crippen molar-refractivity contribution >= 4 is 5.97 Å². The molecule has 0 heterocycles. The van der Waals surface area contributed by atoms with Crippen molar-refractivity contribution in [2.75, 3.05) is 6.54 Å². The molecule has 6 heteroatoms. The highest BCUT2D eigenvalue weighted by molar-refractivity contribution is 5.85. The third-order valence-electron chi connectivity index (χ3n) is 2.41. The highest BCUT2D eigenvalue weighted by atomic mass is 16.4. The van der Waals surface area contributed by atoms with E-state index in [9.17, 15) is 20.1 Å². The summed E-state index contributed by atoms with van der Waals surface area (Å²) in [5, 5.41) is 36.9. The molecule has 0 rings (SSSR count). The molecule has 0 aromatic rings. The third-order valence-corrected chi connectivity index (χ3v) is 2.41. The van der Waals surface area contributed by atoms with Gasteiger partial charge in [0, 0.05) is 12.1 Å². The molecule has 4 N–H and O–H groups in total. The van der Waals surface area contributed by atoms with Gasteiger partial charge in [0.15, 0.2) is 0 Å². The largest absolute Gasteiger partial charge is 0.478 e. The second-order valence-corrected chi connectivity index (χ2v) is 4.04. The molecular formula is C11H21NO5. The van der Waals surface area contributed by atoms with Crippen LogP contribution in [0.1, 0.15) is 27.2 Å². The molecule has 3 unspecified atom stereocenters. The summed E-state index contributed by atoms with van der Waals surface area (Å²) >= 11 is 0. The molecule has 0 aromatic heterocycles. The number of hydrogen-bond donors (Lipinski definition) is 4. The van der Waals surface area contributed by atoms with Gasteiger partial charge in [-0.15, -0.1) is 0 Å². The van der Waals surface area contributed by atoms with Gasteiger partial charge in [0.25, 0.3) is 0 Å². The summed E-state index contributed by atoms with van der Waals surface area (Å²) in [5.41, 5.74) is 0.157. The van der Waals surface area contributed by atoms with Crippen molar-refractivity contribution in [3.05, 3.63) is 11.6 Å². The third kappa shape index (κ3) is 6.38. The van der Waals surface area contributed by atoms with E-state index in [1.54, 1.807) is 0 Å². The van der Waals surface area contributed by atoms with Crippen LogP contribution in [-0.2, 0) is 4.79 Å². The minimum absolute atomic E-state index is 0.0682. The van der Waals surface area contributed by atoms with Crippen LogP contribution in [0.25, 0.3) is 0 Å². The number of aliphatic carboxylic acids is 1. The van der Waals surface area contributed by atoms with Crippen molar-refractivity contribution in [2.24, 2.45) is 0 Å². The van der Waals surface area contributed by atoms with Crippen LogP contribution in [0.2, 0.25) is 0 Å². The summed E-state index contributed by atoms with van der Waals surface area (Å²) < 4.78 is 0. The molecule has 0 aliphatic carbocycles. The van der Waals surface area contributed by atoms with Gasteiger partial charge in [-0.25, -0.2) is 4.79 Å². The Bertz CT molecular complexity index is 267. The molecule has 17 heavy (non-hydrogen) atoms.